The van der Waals surface area contributed by atoms with E-state index in [2.05, 4.69) is 4.98 Å². The van der Waals surface area contributed by atoms with Crippen molar-refractivity contribution in [2.75, 3.05) is 0 Å². The van der Waals surface area contributed by atoms with Crippen LogP contribution in [0.25, 0.3) is 0 Å². The van der Waals surface area contributed by atoms with Gasteiger partial charge in [-0.05, 0) is 12.8 Å². The monoisotopic (exact) mass is 227 g/mol. The van der Waals surface area contributed by atoms with Gasteiger partial charge in [0, 0.05) is 5.92 Å². The molecular weight excluding hydrogens is 218 g/mol. The van der Waals surface area contributed by atoms with E-state index in [0.29, 0.717) is 10.8 Å². The van der Waals surface area contributed by atoms with Crippen LogP contribution in [-0.4, -0.2) is 27.1 Å². The van der Waals surface area contributed by atoms with Crippen molar-refractivity contribution in [3.8, 4) is 0 Å². The van der Waals surface area contributed by atoms with Crippen molar-refractivity contribution < 1.29 is 19.8 Å². The average molecular weight is 227 g/mol. The number of aromatic nitrogens is 1. The number of aromatic carboxylic acids is 1. The molecule has 2 N–H and O–H groups in total. The van der Waals surface area contributed by atoms with Crippen LogP contribution < -0.4 is 0 Å². The summed E-state index contributed by atoms with van der Waals surface area (Å²) in [6.45, 7) is 0. The topological polar surface area (TPSA) is 87.5 Å². The summed E-state index contributed by atoms with van der Waals surface area (Å²) in [5.74, 6) is -1.81. The second-order valence-corrected chi connectivity index (χ2v) is 4.59. The second kappa shape index (κ2) is 3.62. The first-order chi connectivity index (χ1) is 7.08. The highest BCUT2D eigenvalue weighted by molar-refractivity contribution is 7.12. The molecule has 6 heteroatoms. The molecule has 1 aromatic heterocycles. The van der Waals surface area contributed by atoms with E-state index in [1.54, 1.807) is 0 Å². The molecule has 0 aromatic carbocycles. The summed E-state index contributed by atoms with van der Waals surface area (Å²) in [5.41, 5.74) is -0.0932. The summed E-state index contributed by atoms with van der Waals surface area (Å²) in [6.07, 6.45) is 1.80. The van der Waals surface area contributed by atoms with Crippen LogP contribution in [0.5, 0.6) is 0 Å². The van der Waals surface area contributed by atoms with E-state index < -0.39 is 11.9 Å². The molecule has 1 saturated carbocycles. The largest absolute Gasteiger partial charge is 0.481 e. The third-order valence-electron chi connectivity index (χ3n) is 2.15. The molecule has 0 bridgehead atoms. The summed E-state index contributed by atoms with van der Waals surface area (Å²) < 4.78 is 0. The van der Waals surface area contributed by atoms with E-state index >= 15 is 0 Å². The summed E-state index contributed by atoms with van der Waals surface area (Å²) in [4.78, 5) is 25.7. The smallest absolute Gasteiger partial charge is 0.355 e. The van der Waals surface area contributed by atoms with Gasteiger partial charge in [-0.15, -0.1) is 11.3 Å². The number of thiazole rings is 1. The number of nitrogens with zero attached hydrogens (tertiary/aromatic N) is 1. The molecule has 1 aliphatic rings. The van der Waals surface area contributed by atoms with E-state index in [4.69, 9.17) is 10.2 Å². The lowest BCUT2D eigenvalue weighted by Gasteiger charge is -1.91. The van der Waals surface area contributed by atoms with Crippen molar-refractivity contribution in [2.45, 2.75) is 25.2 Å². The van der Waals surface area contributed by atoms with Gasteiger partial charge in [0.2, 0.25) is 0 Å². The minimum atomic E-state index is -1.14. The Hall–Kier alpha value is -1.43. The van der Waals surface area contributed by atoms with Crippen LogP contribution in [0.1, 0.15) is 39.1 Å². The van der Waals surface area contributed by atoms with Gasteiger partial charge in [0.15, 0.2) is 5.69 Å². The Morgan fingerprint density at radius 1 is 1.40 bits per heavy atom. The lowest BCUT2D eigenvalue weighted by molar-refractivity contribution is -0.136. The number of carboxylic acid groups (broad SMARTS) is 2. The van der Waals surface area contributed by atoms with E-state index in [-0.39, 0.29) is 12.1 Å². The zero-order valence-electron chi connectivity index (χ0n) is 7.77. The number of aliphatic carboxylic acids is 1. The number of hydrogen-bond donors (Lipinski definition) is 2. The van der Waals surface area contributed by atoms with Crippen LogP contribution in [0.3, 0.4) is 0 Å². The molecule has 0 amide bonds. The molecule has 0 unspecified atom stereocenters. The molecule has 0 spiro atoms. The lowest BCUT2D eigenvalue weighted by Crippen LogP contribution is -2.05. The minimum Gasteiger partial charge on any atom is -0.481 e. The lowest BCUT2D eigenvalue weighted by atomic mass is 10.3. The molecule has 1 fully saturated rings. The molecule has 15 heavy (non-hydrogen) atoms. The maximum Gasteiger partial charge on any atom is 0.355 e. The van der Waals surface area contributed by atoms with Gasteiger partial charge >= 0.3 is 11.9 Å². The molecule has 5 nitrogen and oxygen atoms in total. The van der Waals surface area contributed by atoms with Crippen molar-refractivity contribution in [1.29, 1.82) is 0 Å². The van der Waals surface area contributed by atoms with Gasteiger partial charge in [-0.1, -0.05) is 0 Å². The zero-order chi connectivity index (χ0) is 11.0. The zero-order valence-corrected chi connectivity index (χ0v) is 8.58. The fraction of sp³-hybridized carbons (Fsp3) is 0.444. The molecule has 1 aromatic rings. The fourth-order valence-corrected chi connectivity index (χ4v) is 2.52. The molecule has 0 radical (unpaired) electrons. The van der Waals surface area contributed by atoms with Crippen LogP contribution >= 0.6 is 11.3 Å². The fourth-order valence-electron chi connectivity index (χ4n) is 1.30. The Kier molecular flexibility index (Phi) is 2.44. The van der Waals surface area contributed by atoms with E-state index in [9.17, 15) is 9.59 Å². The highest BCUT2D eigenvalue weighted by Crippen LogP contribution is 2.42. The van der Waals surface area contributed by atoms with Crippen LogP contribution in [0.4, 0.5) is 0 Å². The number of carboxylic acids is 2. The summed E-state index contributed by atoms with van der Waals surface area (Å²) in [7, 11) is 0. The van der Waals surface area contributed by atoms with Gasteiger partial charge in [-0.3, -0.25) is 4.79 Å². The number of rotatable bonds is 4. The molecule has 1 aliphatic carbocycles. The van der Waals surface area contributed by atoms with Gasteiger partial charge in [0.05, 0.1) is 16.3 Å². The quantitative estimate of drug-likeness (QED) is 0.810. The van der Waals surface area contributed by atoms with Crippen molar-refractivity contribution in [2.24, 2.45) is 0 Å². The predicted molar refractivity (Wildman–Crippen MR) is 52.4 cm³/mol. The Bertz CT molecular complexity index is 422. The third-order valence-corrected chi connectivity index (χ3v) is 3.37. The van der Waals surface area contributed by atoms with Crippen LogP contribution in [0, 0.1) is 0 Å². The minimum absolute atomic E-state index is 0.0932. The highest BCUT2D eigenvalue weighted by atomic mass is 32.1. The molecule has 2 rings (SSSR count). The van der Waals surface area contributed by atoms with Gasteiger partial charge < -0.3 is 10.2 Å². The summed E-state index contributed by atoms with van der Waals surface area (Å²) in [6, 6.07) is 0. The first-order valence-corrected chi connectivity index (χ1v) is 5.34. The Morgan fingerprint density at radius 2 is 2.07 bits per heavy atom. The van der Waals surface area contributed by atoms with Gasteiger partial charge in [0.25, 0.3) is 0 Å². The van der Waals surface area contributed by atoms with Gasteiger partial charge in [0.1, 0.15) is 0 Å². The van der Waals surface area contributed by atoms with Crippen LogP contribution in [0.15, 0.2) is 0 Å². The normalized spacial score (nSPS) is 15.2. The van der Waals surface area contributed by atoms with Crippen molar-refractivity contribution >= 4 is 23.3 Å². The SMILES string of the molecule is O=C(O)Cc1sc(C2CC2)nc1C(=O)O. The van der Waals surface area contributed by atoms with Gasteiger partial charge in [-0.2, -0.15) is 0 Å². The standard InChI is InChI=1S/C9H9NO4S/c11-6(12)3-5-7(9(13)14)10-8(15-5)4-1-2-4/h4H,1-3H2,(H,11,12)(H,13,14). The highest BCUT2D eigenvalue weighted by Gasteiger charge is 2.30. The summed E-state index contributed by atoms with van der Waals surface area (Å²) in [5, 5.41) is 18.2. The first-order valence-electron chi connectivity index (χ1n) is 4.52. The van der Waals surface area contributed by atoms with Crippen LogP contribution in [0.2, 0.25) is 0 Å². The molecule has 1 heterocycles. The molecular formula is C9H9NO4S. The van der Waals surface area contributed by atoms with Crippen molar-refractivity contribution in [1.82, 2.24) is 4.98 Å². The van der Waals surface area contributed by atoms with E-state index in [1.807, 2.05) is 0 Å². The molecule has 0 saturated heterocycles. The van der Waals surface area contributed by atoms with Crippen molar-refractivity contribution in [3.63, 3.8) is 0 Å². The number of carbonyl (C=O) groups is 2. The third kappa shape index (κ3) is 2.15. The maximum absolute atomic E-state index is 10.8. The predicted octanol–water partition coefficient (Wildman–Crippen LogP) is 1.35. The molecule has 80 valence electrons. The summed E-state index contributed by atoms with van der Waals surface area (Å²) >= 11 is 1.21. The van der Waals surface area contributed by atoms with Gasteiger partial charge in [-0.25, -0.2) is 9.78 Å². The van der Waals surface area contributed by atoms with E-state index in [1.165, 1.54) is 11.3 Å². The van der Waals surface area contributed by atoms with E-state index in [0.717, 1.165) is 17.8 Å². The van der Waals surface area contributed by atoms with Crippen LogP contribution in [-0.2, 0) is 11.2 Å². The first kappa shape index (κ1) is 10.1. The Balaban J connectivity index is 2.32. The molecule has 0 aliphatic heterocycles. The second-order valence-electron chi connectivity index (χ2n) is 3.47. The Labute approximate surface area is 89.4 Å². The molecule has 0 atom stereocenters. The van der Waals surface area contributed by atoms with Crippen molar-refractivity contribution in [3.05, 3.63) is 15.6 Å². The Morgan fingerprint density at radius 3 is 2.53 bits per heavy atom. The number of hydrogen-bond acceptors (Lipinski definition) is 4. The maximum atomic E-state index is 10.8. The average Bonchev–Trinajstić information content (AvgIpc) is 2.88.